The summed E-state index contributed by atoms with van der Waals surface area (Å²) in [7, 11) is 0. The number of fused-ring (bicyclic) bond motifs is 2. The summed E-state index contributed by atoms with van der Waals surface area (Å²) in [5, 5.41) is 76.2. The Kier molecular flexibility index (Phi) is 47.1. The van der Waals surface area contributed by atoms with E-state index in [0.29, 0.717) is 38.5 Å². The van der Waals surface area contributed by atoms with E-state index in [0.717, 1.165) is 0 Å². The van der Waals surface area contributed by atoms with Gasteiger partial charge in [0.25, 0.3) is 0 Å². The lowest BCUT2D eigenvalue weighted by atomic mass is 9.96. The zero-order chi connectivity index (χ0) is 103. The molecule has 0 aliphatic rings. The first-order chi connectivity index (χ1) is 65.2. The van der Waals surface area contributed by atoms with Crippen molar-refractivity contribution in [1.82, 2.24) is 89.7 Å². The van der Waals surface area contributed by atoms with Crippen LogP contribution in [0.25, 0.3) is 21.8 Å². The SMILES string of the molecule is CC[C@H](C)[C@H](NC(=O)[C@H](CC(N)=O)NC(=O)[C@H](CS)NC(=O)[C@H](CC(N)=O)NC(=O)[C@H](Cc1c[nH]c2ccccc12)NC(=O)[C@H](CCC(N)=O)NC(=O)CNC(=O)[C@H](CCCCN)NC(=O)[C@H](CC(=O)O)NC(=O)[C@H](Cc1ccccc1)NC(=O)[C@H](CCC(=O)O)NC(=O)[C@H](CS)NC(=O)[C@@H](NC(=O)[C@H](Cc1c[nH]c2ccccc12)NC(=O)[C@@H](N)CC(=O)O)C(C)C)C(=O)N[C@@H](CC(C)C)C(=O)O. The first-order valence-electron chi connectivity index (χ1n) is 44.2. The number of aromatic amines is 2. The van der Waals surface area contributed by atoms with Crippen LogP contribution in [0, 0.1) is 17.8 Å². The van der Waals surface area contributed by atoms with Crippen molar-refractivity contribution in [2.75, 3.05) is 24.6 Å². The summed E-state index contributed by atoms with van der Waals surface area (Å²) in [4.78, 5) is 305. The van der Waals surface area contributed by atoms with Crippen molar-refractivity contribution in [1.29, 1.82) is 0 Å². The summed E-state index contributed by atoms with van der Waals surface area (Å²) in [5.41, 5.74) is 30.6. The number of amides is 18. The molecule has 2 aromatic heterocycles. The summed E-state index contributed by atoms with van der Waals surface area (Å²) < 4.78 is 0. The van der Waals surface area contributed by atoms with E-state index in [2.05, 4.69) is 115 Å². The molecule has 0 bridgehead atoms. The maximum Gasteiger partial charge on any atom is 0.326 e. The zero-order valence-electron chi connectivity index (χ0n) is 76.7. The number of hydrogen-bond acceptors (Lipinski definition) is 26. The summed E-state index contributed by atoms with van der Waals surface area (Å²) in [5.74, 6) is -29.2. The molecule has 0 unspecified atom stereocenters. The second-order valence-corrected chi connectivity index (χ2v) is 34.4. The largest absolute Gasteiger partial charge is 0.481 e. The molecule has 754 valence electrons. The number of nitrogens with one attached hydrogen (secondary N) is 17. The van der Waals surface area contributed by atoms with Gasteiger partial charge in [-0.25, -0.2) is 4.79 Å². The zero-order valence-corrected chi connectivity index (χ0v) is 78.5. The number of hydrogen-bond donors (Lipinski definition) is 28. The van der Waals surface area contributed by atoms with Gasteiger partial charge in [0.15, 0.2) is 0 Å². The molecule has 48 nitrogen and oxygen atoms in total. The average Bonchev–Trinajstić information content (AvgIpc) is 1.69. The molecule has 0 aliphatic carbocycles. The van der Waals surface area contributed by atoms with Gasteiger partial charge in [-0.15, -0.1) is 0 Å². The van der Waals surface area contributed by atoms with Crippen molar-refractivity contribution in [3.63, 3.8) is 0 Å². The molecule has 0 fully saturated rings. The molecule has 0 spiro atoms. The highest BCUT2D eigenvalue weighted by Gasteiger charge is 2.41. The Balaban J connectivity index is 1.36. The third-order valence-corrected chi connectivity index (χ3v) is 22.5. The van der Waals surface area contributed by atoms with Crippen LogP contribution in [0.4, 0.5) is 0 Å². The number of aromatic nitrogens is 2. The van der Waals surface area contributed by atoms with E-state index in [4.69, 9.17) is 28.7 Å². The Hall–Kier alpha value is -14.3. The normalized spacial score (nSPS) is 14.7. The highest BCUT2D eigenvalue weighted by Crippen LogP contribution is 2.23. The lowest BCUT2D eigenvalue weighted by Crippen LogP contribution is -2.61. The fourth-order valence-electron chi connectivity index (χ4n) is 14.2. The number of carboxylic acid groups (broad SMARTS) is 4. The van der Waals surface area contributed by atoms with Crippen LogP contribution in [0.1, 0.15) is 142 Å². The minimum absolute atomic E-state index is 0.0155. The highest BCUT2D eigenvalue weighted by atomic mass is 32.1. The third kappa shape index (κ3) is 38.1. The monoisotopic (exact) mass is 1970 g/mol. The fraction of sp³-hybridized carbons (Fsp3) is 0.500. The predicted octanol–water partition coefficient (Wildman–Crippen LogP) is -5.44. The molecule has 138 heavy (non-hydrogen) atoms. The van der Waals surface area contributed by atoms with Crippen LogP contribution >= 0.6 is 25.3 Å². The number of nitrogens with two attached hydrogens (primary N) is 5. The van der Waals surface area contributed by atoms with E-state index in [9.17, 15) is 126 Å². The molecule has 3 aromatic carbocycles. The van der Waals surface area contributed by atoms with E-state index in [-0.39, 0.29) is 51.0 Å². The van der Waals surface area contributed by atoms with Crippen LogP contribution in [-0.2, 0) is 125 Å². The lowest BCUT2D eigenvalue weighted by molar-refractivity contribution is -0.143. The average molecular weight is 1970 g/mol. The molecule has 18 amide bonds. The minimum atomic E-state index is -2.11. The molecule has 0 aliphatic heterocycles. The molecular weight excluding hydrogens is 1850 g/mol. The standard InChI is InChI=1S/C88H124N22O26S2/c1-7-44(6)73(87(134)106-62(88(135)136)29-42(2)3)110-83(130)60(35-67(93)113)104-85(132)63(40-137)107-80(127)59(34-66(92)112)103-79(126)57(31-46-37-94-51-21-13-11-19-48(46)51)102-76(123)54(24-26-65(91)111)97-68(114)39-96-75(122)53(23-15-16-28-89)98-81(128)61(36-71(119)120)105-78(125)56(30-45-17-9-8-10-18-45)101-77(124)55(25-27-69(115)116)99-84(131)64(41-138)108-86(133)72(43(4)5)109-82(129)58(100-74(121)50(90)33-70(117)118)32-47-38-95-52-22-14-12-20-49(47)52/h8-14,17-22,37-38,42-44,50,53-64,72-73,94-95,137-138H,7,15-16,23-36,39-41,89-90H2,1-6H3,(H2,91,111)(H2,92,112)(H2,93,113)(H,96,122)(H,97,114)(H,98,128)(H,99,131)(H,100,121)(H,101,124)(H,102,123)(H,103,126)(H,104,132)(H,105,125)(H,106,134)(H,107,127)(H,108,133)(H,109,129)(H,110,130)(H,115,116)(H,117,118)(H,119,120)(H,135,136)/t44-,50-,53-,54-,55-,56-,57-,58-,59-,60-,61-,62-,63-,64-,72-,73-/m0/s1. The Bertz CT molecular complexity index is 5170. The van der Waals surface area contributed by atoms with Crippen LogP contribution in [0.3, 0.4) is 0 Å². The van der Waals surface area contributed by atoms with Crippen LogP contribution < -0.4 is 108 Å². The smallest absolute Gasteiger partial charge is 0.326 e. The van der Waals surface area contributed by atoms with Crippen LogP contribution in [0.15, 0.2) is 91.3 Å². The molecule has 2 heterocycles. The van der Waals surface area contributed by atoms with Crippen LogP contribution in [-0.4, -0.2) is 276 Å². The van der Waals surface area contributed by atoms with Gasteiger partial charge in [-0.3, -0.25) is 101 Å². The van der Waals surface area contributed by atoms with Crippen LogP contribution in [0.5, 0.6) is 0 Å². The van der Waals surface area contributed by atoms with Crippen molar-refractivity contribution in [3.05, 3.63) is 108 Å². The number of unbranched alkanes of at least 4 members (excludes halogenated alkanes) is 1. The Labute approximate surface area is 802 Å². The number of carbonyl (C=O) groups excluding carboxylic acids is 18. The van der Waals surface area contributed by atoms with Crippen molar-refractivity contribution < 1.29 is 126 Å². The first kappa shape index (κ1) is 114. The van der Waals surface area contributed by atoms with Gasteiger partial charge < -0.3 is 139 Å². The van der Waals surface area contributed by atoms with Crippen LogP contribution in [0.2, 0.25) is 0 Å². The van der Waals surface area contributed by atoms with E-state index >= 15 is 0 Å². The fourth-order valence-corrected chi connectivity index (χ4v) is 14.7. The van der Waals surface area contributed by atoms with Gasteiger partial charge in [-0.1, -0.05) is 115 Å². The van der Waals surface area contributed by atoms with Gasteiger partial charge in [-0.2, -0.15) is 25.3 Å². The molecule has 0 radical (unpaired) electrons. The van der Waals surface area contributed by atoms with E-state index in [1.807, 2.05) is 0 Å². The Morgan fingerprint density at radius 3 is 1.20 bits per heavy atom. The van der Waals surface area contributed by atoms with Crippen molar-refractivity contribution in [2.24, 2.45) is 46.4 Å². The first-order valence-corrected chi connectivity index (χ1v) is 45.5. The second-order valence-electron chi connectivity index (χ2n) is 33.6. The van der Waals surface area contributed by atoms with Crippen molar-refractivity contribution in [2.45, 2.75) is 235 Å². The minimum Gasteiger partial charge on any atom is -0.481 e. The Morgan fingerprint density at radius 1 is 0.370 bits per heavy atom. The molecule has 50 heteroatoms. The van der Waals surface area contributed by atoms with Gasteiger partial charge in [0.05, 0.1) is 38.3 Å². The Morgan fingerprint density at radius 2 is 0.746 bits per heavy atom. The second kappa shape index (κ2) is 56.9. The maximum atomic E-state index is 14.8. The number of primary amides is 3. The summed E-state index contributed by atoms with van der Waals surface area (Å²) in [6, 6.07) is -4.46. The van der Waals surface area contributed by atoms with Gasteiger partial charge in [-0.05, 0) is 91.6 Å². The van der Waals surface area contributed by atoms with E-state index in [1.54, 1.807) is 101 Å². The van der Waals surface area contributed by atoms with E-state index < -0.39 is 315 Å². The number of carbonyl (C=O) groups is 22. The van der Waals surface area contributed by atoms with Gasteiger partial charge in [0.2, 0.25) is 106 Å². The quantitative estimate of drug-likeness (QED) is 0.0128. The van der Waals surface area contributed by atoms with Gasteiger partial charge in [0, 0.05) is 77.8 Å². The van der Waals surface area contributed by atoms with Crippen molar-refractivity contribution >= 4 is 177 Å². The van der Waals surface area contributed by atoms with E-state index in [1.165, 1.54) is 32.2 Å². The third-order valence-electron chi connectivity index (χ3n) is 21.8. The molecular formula is C88H124N22O26S2. The van der Waals surface area contributed by atoms with Gasteiger partial charge in [0.1, 0.15) is 84.6 Å². The highest BCUT2D eigenvalue weighted by molar-refractivity contribution is 7.80. The molecule has 5 aromatic rings. The number of benzene rings is 3. The van der Waals surface area contributed by atoms with Gasteiger partial charge >= 0.3 is 23.9 Å². The summed E-state index contributed by atoms with van der Waals surface area (Å²) >= 11 is 8.44. The number of H-pyrrole nitrogens is 2. The number of rotatable bonds is 62. The maximum absolute atomic E-state index is 14.8. The summed E-state index contributed by atoms with van der Waals surface area (Å²) in [6.45, 7) is 8.73. The topological polar surface area (TPSA) is 799 Å². The molecule has 0 saturated heterocycles. The molecule has 0 saturated carbocycles. The number of para-hydroxylation sites is 2. The number of aliphatic carboxylic acids is 4. The number of carboxylic acids is 4. The molecule has 5 rings (SSSR count). The lowest BCUT2D eigenvalue weighted by Gasteiger charge is -2.28. The summed E-state index contributed by atoms with van der Waals surface area (Å²) in [6.07, 6.45) is -4.37. The number of thiol groups is 2. The van der Waals surface area contributed by atoms with Crippen molar-refractivity contribution in [3.8, 4) is 0 Å². The predicted molar refractivity (Wildman–Crippen MR) is 502 cm³/mol. The molecule has 31 N–H and O–H groups in total. The molecule has 16 atom stereocenters.